The summed E-state index contributed by atoms with van der Waals surface area (Å²) >= 11 is 5.77. The first-order chi connectivity index (χ1) is 9.17. The van der Waals surface area contributed by atoms with E-state index >= 15 is 0 Å². The molecule has 0 aliphatic heterocycles. The second kappa shape index (κ2) is 6.36. The Bertz CT molecular complexity index is 525. The van der Waals surface area contributed by atoms with Crippen LogP contribution in [0.1, 0.15) is 11.1 Å². The summed E-state index contributed by atoms with van der Waals surface area (Å²) < 4.78 is 5.52. The average Bonchev–Trinajstić information content (AvgIpc) is 2.37. The van der Waals surface area contributed by atoms with Crippen molar-refractivity contribution in [2.24, 2.45) is 0 Å². The predicted octanol–water partition coefficient (Wildman–Crippen LogP) is 2.01. The minimum Gasteiger partial charge on any atom is -0.473 e. The third-order valence-corrected chi connectivity index (χ3v) is 2.67. The maximum atomic E-state index is 5.77. The molecule has 0 atom stereocenters. The van der Waals surface area contributed by atoms with Gasteiger partial charge in [-0.25, -0.2) is 4.98 Å². The molecule has 6 heteroatoms. The van der Waals surface area contributed by atoms with Crippen molar-refractivity contribution in [3.63, 3.8) is 0 Å². The van der Waals surface area contributed by atoms with Gasteiger partial charge in [-0.2, -0.15) is 4.98 Å². The smallest absolute Gasteiger partial charge is 0.224 e. The maximum absolute atomic E-state index is 5.77. The van der Waals surface area contributed by atoms with Crippen molar-refractivity contribution in [3.05, 3.63) is 46.6 Å². The summed E-state index contributed by atoms with van der Waals surface area (Å²) in [4.78, 5) is 7.71. The molecule has 0 fully saturated rings. The number of rotatable bonds is 5. The molecular weight excluding hydrogens is 264 g/mol. The molecule has 1 heterocycles. The van der Waals surface area contributed by atoms with Crippen molar-refractivity contribution in [1.29, 1.82) is 0 Å². The molecule has 0 spiro atoms. The number of nitrogen functional groups attached to an aromatic ring is 1. The number of hydrogen-bond acceptors (Lipinski definition) is 5. The van der Waals surface area contributed by atoms with Gasteiger partial charge < -0.3 is 15.8 Å². The summed E-state index contributed by atoms with van der Waals surface area (Å²) in [5, 5.41) is 3.37. The fourth-order valence-electron chi connectivity index (χ4n) is 1.60. The van der Waals surface area contributed by atoms with Crippen molar-refractivity contribution < 1.29 is 4.74 Å². The number of nitrogens with two attached hydrogens (primary N) is 1. The van der Waals surface area contributed by atoms with E-state index < -0.39 is 0 Å². The number of anilines is 1. The molecule has 19 heavy (non-hydrogen) atoms. The quantitative estimate of drug-likeness (QED) is 0.819. The average molecular weight is 279 g/mol. The number of halogens is 1. The van der Waals surface area contributed by atoms with Crippen molar-refractivity contribution in [3.8, 4) is 5.88 Å². The topological polar surface area (TPSA) is 73.1 Å². The van der Waals surface area contributed by atoms with Gasteiger partial charge in [-0.1, -0.05) is 35.9 Å². The Kier molecular flexibility index (Phi) is 4.54. The van der Waals surface area contributed by atoms with E-state index in [0.29, 0.717) is 12.5 Å². The first kappa shape index (κ1) is 13.6. The highest BCUT2D eigenvalue weighted by atomic mass is 35.5. The molecule has 0 unspecified atom stereocenters. The molecule has 2 rings (SSSR count). The molecule has 0 saturated heterocycles. The van der Waals surface area contributed by atoms with Gasteiger partial charge in [-0.05, 0) is 18.2 Å². The Morgan fingerprint density at radius 1 is 1.21 bits per heavy atom. The number of benzene rings is 1. The lowest BCUT2D eigenvalue weighted by Crippen LogP contribution is -2.05. The molecule has 1 aromatic heterocycles. The Morgan fingerprint density at radius 2 is 1.89 bits per heavy atom. The lowest BCUT2D eigenvalue weighted by atomic mass is 10.1. The van der Waals surface area contributed by atoms with Gasteiger partial charge >= 0.3 is 0 Å². The first-order valence-corrected chi connectivity index (χ1v) is 6.20. The largest absolute Gasteiger partial charge is 0.473 e. The van der Waals surface area contributed by atoms with E-state index in [1.165, 1.54) is 11.6 Å². The highest BCUT2D eigenvalue weighted by Crippen LogP contribution is 2.16. The summed E-state index contributed by atoms with van der Waals surface area (Å²) in [6.07, 6.45) is 0. The zero-order chi connectivity index (χ0) is 13.7. The summed E-state index contributed by atoms with van der Waals surface area (Å²) in [5.74, 6) is 0.476. The third kappa shape index (κ3) is 4.08. The monoisotopic (exact) mass is 278 g/mol. The summed E-state index contributed by atoms with van der Waals surface area (Å²) in [6.45, 7) is 1.26. The van der Waals surface area contributed by atoms with E-state index in [-0.39, 0.29) is 11.1 Å². The van der Waals surface area contributed by atoms with Crippen LogP contribution in [0.15, 0.2) is 30.3 Å². The Labute approximate surface area is 116 Å². The second-order valence-corrected chi connectivity index (χ2v) is 4.41. The van der Waals surface area contributed by atoms with Crippen LogP contribution in [0.2, 0.25) is 5.15 Å². The zero-order valence-corrected chi connectivity index (χ0v) is 11.3. The van der Waals surface area contributed by atoms with E-state index in [0.717, 1.165) is 12.1 Å². The minimum absolute atomic E-state index is 0.104. The normalized spacial score (nSPS) is 10.4. The highest BCUT2D eigenvalue weighted by Gasteiger charge is 2.02. The third-order valence-electron chi connectivity index (χ3n) is 2.48. The van der Waals surface area contributed by atoms with Crippen LogP contribution in [-0.4, -0.2) is 17.0 Å². The fourth-order valence-corrected chi connectivity index (χ4v) is 1.78. The van der Waals surface area contributed by atoms with Crippen molar-refractivity contribution in [1.82, 2.24) is 15.3 Å². The molecule has 3 N–H and O–H groups in total. The Balaban J connectivity index is 1.98. The van der Waals surface area contributed by atoms with E-state index in [1.807, 2.05) is 19.2 Å². The fraction of sp³-hybridized carbons (Fsp3) is 0.231. The SMILES string of the molecule is CNCc1ccc(COc2cc(Cl)nc(N)n2)cc1. The van der Waals surface area contributed by atoms with Gasteiger partial charge in [-0.3, -0.25) is 0 Å². The summed E-state index contributed by atoms with van der Waals surface area (Å²) in [5.41, 5.74) is 7.76. The Morgan fingerprint density at radius 3 is 2.53 bits per heavy atom. The number of nitrogens with one attached hydrogen (secondary N) is 1. The van der Waals surface area contributed by atoms with E-state index in [4.69, 9.17) is 22.1 Å². The first-order valence-electron chi connectivity index (χ1n) is 5.82. The lowest BCUT2D eigenvalue weighted by molar-refractivity contribution is 0.294. The predicted molar refractivity (Wildman–Crippen MR) is 75.0 cm³/mol. The molecule has 1 aromatic carbocycles. The van der Waals surface area contributed by atoms with Crippen LogP contribution in [0.4, 0.5) is 5.95 Å². The molecule has 0 saturated carbocycles. The van der Waals surface area contributed by atoms with Gasteiger partial charge in [0.25, 0.3) is 0 Å². The van der Waals surface area contributed by atoms with Crippen molar-refractivity contribution in [2.45, 2.75) is 13.2 Å². The molecule has 0 radical (unpaired) electrons. The van der Waals surface area contributed by atoms with Crippen LogP contribution in [-0.2, 0) is 13.2 Å². The maximum Gasteiger partial charge on any atom is 0.224 e. The van der Waals surface area contributed by atoms with Gasteiger partial charge in [0.2, 0.25) is 11.8 Å². The number of aromatic nitrogens is 2. The molecule has 0 amide bonds. The van der Waals surface area contributed by atoms with E-state index in [2.05, 4.69) is 27.4 Å². The van der Waals surface area contributed by atoms with Crippen LogP contribution in [0.3, 0.4) is 0 Å². The standard InChI is InChI=1S/C13H15ClN4O/c1-16-7-9-2-4-10(5-3-9)8-19-12-6-11(14)17-13(15)18-12/h2-6,16H,7-8H2,1H3,(H2,15,17,18). The highest BCUT2D eigenvalue weighted by molar-refractivity contribution is 6.29. The van der Waals surface area contributed by atoms with Crippen molar-refractivity contribution in [2.75, 3.05) is 12.8 Å². The summed E-state index contributed by atoms with van der Waals surface area (Å²) in [6, 6.07) is 9.66. The minimum atomic E-state index is 0.104. The van der Waals surface area contributed by atoms with Gasteiger partial charge in [0.05, 0.1) is 0 Å². The van der Waals surface area contributed by atoms with Crippen LogP contribution < -0.4 is 15.8 Å². The van der Waals surface area contributed by atoms with E-state index in [1.54, 1.807) is 0 Å². The summed E-state index contributed by atoms with van der Waals surface area (Å²) in [7, 11) is 1.92. The van der Waals surface area contributed by atoms with Crippen LogP contribution in [0.5, 0.6) is 5.88 Å². The van der Waals surface area contributed by atoms with Gasteiger partial charge in [-0.15, -0.1) is 0 Å². The van der Waals surface area contributed by atoms with Crippen molar-refractivity contribution >= 4 is 17.5 Å². The number of nitrogens with zero attached hydrogens (tertiary/aromatic N) is 2. The second-order valence-electron chi connectivity index (χ2n) is 4.02. The molecule has 100 valence electrons. The van der Waals surface area contributed by atoms with Crippen LogP contribution >= 0.6 is 11.6 Å². The molecule has 0 aliphatic rings. The molecule has 0 bridgehead atoms. The van der Waals surface area contributed by atoms with Gasteiger partial charge in [0, 0.05) is 12.6 Å². The zero-order valence-electron chi connectivity index (χ0n) is 10.6. The molecule has 0 aliphatic carbocycles. The van der Waals surface area contributed by atoms with Crippen LogP contribution in [0, 0.1) is 0 Å². The van der Waals surface area contributed by atoms with Gasteiger partial charge in [0.15, 0.2) is 0 Å². The molecule has 2 aromatic rings. The Hall–Kier alpha value is -1.85. The van der Waals surface area contributed by atoms with Gasteiger partial charge in [0.1, 0.15) is 11.8 Å². The number of hydrogen-bond donors (Lipinski definition) is 2. The molecule has 5 nitrogen and oxygen atoms in total. The lowest BCUT2D eigenvalue weighted by Gasteiger charge is -2.07. The molecular formula is C13H15ClN4O. The number of ether oxygens (including phenoxy) is 1. The van der Waals surface area contributed by atoms with E-state index in [9.17, 15) is 0 Å². The van der Waals surface area contributed by atoms with Crippen LogP contribution in [0.25, 0.3) is 0 Å².